The van der Waals surface area contributed by atoms with Crippen LogP contribution in [0.2, 0.25) is 0 Å². The van der Waals surface area contributed by atoms with Gasteiger partial charge in [0.05, 0.1) is 0 Å². The number of phenols is 2. The summed E-state index contributed by atoms with van der Waals surface area (Å²) in [5, 5.41) is 29.2. The predicted molar refractivity (Wildman–Crippen MR) is 72.5 cm³/mol. The van der Waals surface area contributed by atoms with Crippen LogP contribution in [-0.2, 0) is 11.2 Å². The first-order valence-electron chi connectivity index (χ1n) is 6.35. The largest absolute Gasteiger partial charge is 0.504 e. The molecule has 4 nitrogen and oxygen atoms in total. The van der Waals surface area contributed by atoms with Crippen LogP contribution in [0.25, 0.3) is 6.08 Å². The van der Waals surface area contributed by atoms with E-state index in [4.69, 9.17) is 5.11 Å². The van der Waals surface area contributed by atoms with Crippen LogP contribution >= 0.6 is 0 Å². The van der Waals surface area contributed by atoms with E-state index in [1.165, 1.54) is 0 Å². The van der Waals surface area contributed by atoms with E-state index < -0.39 is 5.97 Å². The summed E-state index contributed by atoms with van der Waals surface area (Å²) in [5.41, 5.74) is 3.29. The van der Waals surface area contributed by atoms with Gasteiger partial charge in [0.25, 0.3) is 0 Å². The van der Waals surface area contributed by atoms with Gasteiger partial charge < -0.3 is 15.3 Å². The monoisotopic (exact) mass is 262 g/mol. The fourth-order valence-electron chi connectivity index (χ4n) is 2.69. The Morgan fingerprint density at radius 3 is 2.37 bits per heavy atom. The number of hydrogen-bond donors (Lipinski definition) is 3. The minimum Gasteiger partial charge on any atom is -0.504 e. The average molecular weight is 262 g/mol. The maximum absolute atomic E-state index is 11.1. The first-order chi connectivity index (χ1) is 8.84. The van der Waals surface area contributed by atoms with Crippen molar-refractivity contribution in [2.75, 3.05) is 0 Å². The first kappa shape index (κ1) is 13.5. The van der Waals surface area contributed by atoms with Crippen LogP contribution in [0, 0.1) is 6.92 Å². The Hall–Kier alpha value is -1.97. The number of aliphatic carboxylic acids is 1. The molecule has 1 aromatic carbocycles. The van der Waals surface area contributed by atoms with Crippen LogP contribution < -0.4 is 0 Å². The van der Waals surface area contributed by atoms with Gasteiger partial charge in [0, 0.05) is 11.1 Å². The van der Waals surface area contributed by atoms with Crippen LogP contribution in [0.15, 0.2) is 5.57 Å². The van der Waals surface area contributed by atoms with E-state index in [2.05, 4.69) is 0 Å². The summed E-state index contributed by atoms with van der Waals surface area (Å²) in [5.74, 6) is -1.14. The third-order valence-corrected chi connectivity index (χ3v) is 3.72. The van der Waals surface area contributed by atoms with Crippen molar-refractivity contribution in [1.82, 2.24) is 0 Å². The third kappa shape index (κ3) is 2.07. The zero-order valence-corrected chi connectivity index (χ0v) is 11.3. The number of phenolic OH excluding ortho intramolecular Hbond substituents is 2. The Morgan fingerprint density at radius 2 is 1.84 bits per heavy atom. The molecule has 0 spiro atoms. The summed E-state index contributed by atoms with van der Waals surface area (Å²) in [6.07, 6.45) is 2.65. The molecule has 0 bridgehead atoms. The number of aromatic hydroxyl groups is 2. The first-order valence-corrected chi connectivity index (χ1v) is 6.35. The van der Waals surface area contributed by atoms with Crippen LogP contribution in [0.5, 0.6) is 11.5 Å². The number of hydrogen-bond acceptors (Lipinski definition) is 3. The molecule has 0 unspecified atom stereocenters. The molecule has 0 saturated heterocycles. The Balaban J connectivity index is 2.78. The fraction of sp³-hybridized carbons (Fsp3) is 0.400. The second-order valence-electron chi connectivity index (χ2n) is 5.26. The lowest BCUT2D eigenvalue weighted by Crippen LogP contribution is -2.11. The number of benzene rings is 1. The van der Waals surface area contributed by atoms with Gasteiger partial charge in [-0.15, -0.1) is 0 Å². The standard InChI is InChI=1S/C15H18O4/c1-7(2)12-11-6-9(15(18)19)4-5-10(11)8(3)13(16)14(12)17/h6-7,16-17H,4-5H2,1-3H3,(H,18,19). The molecule has 4 heteroatoms. The maximum Gasteiger partial charge on any atom is 0.331 e. The zero-order chi connectivity index (χ0) is 14.3. The zero-order valence-electron chi connectivity index (χ0n) is 11.3. The van der Waals surface area contributed by atoms with E-state index in [0.29, 0.717) is 29.5 Å². The molecule has 2 rings (SSSR count). The molecule has 0 heterocycles. The molecule has 1 aromatic rings. The van der Waals surface area contributed by atoms with Gasteiger partial charge in [0.2, 0.25) is 0 Å². The van der Waals surface area contributed by atoms with Gasteiger partial charge in [0.15, 0.2) is 11.5 Å². The summed E-state index contributed by atoms with van der Waals surface area (Å²) in [4.78, 5) is 11.1. The number of carboxylic acids is 1. The molecule has 1 aliphatic carbocycles. The summed E-state index contributed by atoms with van der Waals surface area (Å²) in [6.45, 7) is 5.57. The van der Waals surface area contributed by atoms with Crippen LogP contribution in [0.4, 0.5) is 0 Å². The van der Waals surface area contributed by atoms with Gasteiger partial charge in [-0.2, -0.15) is 0 Å². The van der Waals surface area contributed by atoms with Crippen molar-refractivity contribution in [1.29, 1.82) is 0 Å². The molecule has 0 radical (unpaired) electrons. The van der Waals surface area contributed by atoms with E-state index >= 15 is 0 Å². The van der Waals surface area contributed by atoms with Crippen LogP contribution in [0.1, 0.15) is 48.4 Å². The third-order valence-electron chi connectivity index (χ3n) is 3.72. The normalized spacial score (nSPS) is 14.2. The van der Waals surface area contributed by atoms with Crippen molar-refractivity contribution >= 4 is 12.0 Å². The van der Waals surface area contributed by atoms with Crippen molar-refractivity contribution < 1.29 is 20.1 Å². The quantitative estimate of drug-likeness (QED) is 0.716. The lowest BCUT2D eigenvalue weighted by molar-refractivity contribution is -0.132. The highest BCUT2D eigenvalue weighted by Crippen LogP contribution is 2.44. The van der Waals surface area contributed by atoms with Crippen molar-refractivity contribution in [2.45, 2.75) is 39.5 Å². The fourth-order valence-corrected chi connectivity index (χ4v) is 2.69. The number of carbonyl (C=O) groups is 1. The van der Waals surface area contributed by atoms with Crippen molar-refractivity contribution in [3.63, 3.8) is 0 Å². The Kier molecular flexibility index (Phi) is 3.27. The SMILES string of the molecule is Cc1c(O)c(O)c(C(C)C)c2c1CCC(C(=O)O)=C2. The number of fused-ring (bicyclic) bond motifs is 1. The van der Waals surface area contributed by atoms with E-state index in [1.807, 2.05) is 13.8 Å². The molecule has 19 heavy (non-hydrogen) atoms. The maximum atomic E-state index is 11.1. The molecule has 0 aliphatic heterocycles. The minimum atomic E-state index is -0.925. The van der Waals surface area contributed by atoms with E-state index in [1.54, 1.807) is 13.0 Å². The molecular weight excluding hydrogens is 244 g/mol. The topological polar surface area (TPSA) is 77.8 Å². The molecule has 102 valence electrons. The summed E-state index contributed by atoms with van der Waals surface area (Å²) >= 11 is 0. The van der Waals surface area contributed by atoms with Gasteiger partial charge in [0.1, 0.15) is 0 Å². The highest BCUT2D eigenvalue weighted by atomic mass is 16.4. The van der Waals surface area contributed by atoms with E-state index in [-0.39, 0.29) is 17.4 Å². The average Bonchev–Trinajstić information content (AvgIpc) is 2.35. The molecule has 0 atom stereocenters. The minimum absolute atomic E-state index is 0.00430. The molecule has 0 saturated carbocycles. The highest BCUT2D eigenvalue weighted by molar-refractivity contribution is 5.94. The summed E-state index contributed by atoms with van der Waals surface area (Å²) in [6, 6.07) is 0. The van der Waals surface area contributed by atoms with Crippen molar-refractivity contribution in [2.24, 2.45) is 0 Å². The van der Waals surface area contributed by atoms with E-state index in [9.17, 15) is 15.0 Å². The predicted octanol–water partition coefficient (Wildman–Crippen LogP) is 2.94. The summed E-state index contributed by atoms with van der Waals surface area (Å²) in [7, 11) is 0. The Labute approximate surface area is 112 Å². The Morgan fingerprint density at radius 1 is 1.21 bits per heavy atom. The van der Waals surface area contributed by atoms with Gasteiger partial charge in [-0.25, -0.2) is 4.79 Å². The molecule has 0 aromatic heterocycles. The van der Waals surface area contributed by atoms with E-state index in [0.717, 1.165) is 11.1 Å². The second-order valence-corrected chi connectivity index (χ2v) is 5.26. The summed E-state index contributed by atoms with van der Waals surface area (Å²) < 4.78 is 0. The second kappa shape index (κ2) is 4.61. The van der Waals surface area contributed by atoms with Gasteiger partial charge in [-0.05, 0) is 48.4 Å². The lowest BCUT2D eigenvalue weighted by Gasteiger charge is -2.24. The number of carboxylic acid groups (broad SMARTS) is 1. The van der Waals surface area contributed by atoms with Crippen molar-refractivity contribution in [3.05, 3.63) is 27.8 Å². The molecule has 3 N–H and O–H groups in total. The molecule has 0 fully saturated rings. The van der Waals surface area contributed by atoms with Gasteiger partial charge >= 0.3 is 5.97 Å². The van der Waals surface area contributed by atoms with Gasteiger partial charge in [-0.3, -0.25) is 0 Å². The highest BCUT2D eigenvalue weighted by Gasteiger charge is 2.26. The molecule has 1 aliphatic rings. The van der Waals surface area contributed by atoms with Gasteiger partial charge in [-0.1, -0.05) is 13.8 Å². The van der Waals surface area contributed by atoms with Crippen molar-refractivity contribution in [3.8, 4) is 11.5 Å². The van der Waals surface area contributed by atoms with Crippen LogP contribution in [0.3, 0.4) is 0 Å². The smallest absolute Gasteiger partial charge is 0.331 e. The lowest BCUT2D eigenvalue weighted by atomic mass is 9.82. The molecule has 0 amide bonds. The van der Waals surface area contributed by atoms with Crippen LogP contribution in [-0.4, -0.2) is 21.3 Å². The number of rotatable bonds is 2. The Bertz CT molecular complexity index is 583. The molecular formula is C15H18O4.